The summed E-state index contributed by atoms with van der Waals surface area (Å²) in [7, 11) is 1.42. The van der Waals surface area contributed by atoms with E-state index in [9.17, 15) is 24.5 Å². The van der Waals surface area contributed by atoms with Gasteiger partial charge in [0.1, 0.15) is 6.61 Å². The van der Waals surface area contributed by atoms with Gasteiger partial charge in [0.2, 0.25) is 0 Å². The van der Waals surface area contributed by atoms with Crippen molar-refractivity contribution >= 4 is 52.4 Å². The lowest BCUT2D eigenvalue weighted by Gasteiger charge is -2.28. The molecule has 0 fully saturated rings. The van der Waals surface area contributed by atoms with E-state index in [4.69, 9.17) is 23.7 Å². The summed E-state index contributed by atoms with van der Waals surface area (Å²) >= 11 is 2.09. The maximum absolute atomic E-state index is 12.6. The predicted molar refractivity (Wildman–Crippen MR) is 186 cm³/mol. The number of ether oxygens (including phenoxy) is 5. The number of nitrogens with zero attached hydrogens (tertiary/aromatic N) is 2. The number of esters is 1. The summed E-state index contributed by atoms with van der Waals surface area (Å²) in [6.45, 7) is 5.35. The van der Waals surface area contributed by atoms with Crippen molar-refractivity contribution in [2.45, 2.75) is 33.4 Å². The lowest BCUT2D eigenvalue weighted by atomic mass is 9.95. The molecule has 1 heterocycles. The van der Waals surface area contributed by atoms with Gasteiger partial charge in [0.05, 0.1) is 46.6 Å². The number of urea groups is 1. The molecule has 49 heavy (non-hydrogen) atoms. The van der Waals surface area contributed by atoms with Crippen LogP contribution < -0.4 is 35.0 Å². The Bertz CT molecular complexity index is 1800. The molecule has 4 rings (SSSR count). The van der Waals surface area contributed by atoms with E-state index in [0.29, 0.717) is 44.1 Å². The van der Waals surface area contributed by atoms with Gasteiger partial charge < -0.3 is 34.3 Å². The van der Waals surface area contributed by atoms with Crippen LogP contribution in [0.5, 0.6) is 23.0 Å². The highest BCUT2D eigenvalue weighted by atomic mass is 127. The van der Waals surface area contributed by atoms with Gasteiger partial charge in [0.25, 0.3) is 11.6 Å². The fraction of sp³-hybridized carbons (Fsp3) is 0.273. The predicted octanol–water partition coefficient (Wildman–Crippen LogP) is 4.91. The Kier molecular flexibility index (Phi) is 12.7. The summed E-state index contributed by atoms with van der Waals surface area (Å²) in [6.07, 6.45) is 1.44. The van der Waals surface area contributed by atoms with Gasteiger partial charge in [0.15, 0.2) is 29.6 Å². The van der Waals surface area contributed by atoms with Crippen molar-refractivity contribution in [3.05, 3.63) is 96.2 Å². The van der Waals surface area contributed by atoms with Crippen LogP contribution in [-0.2, 0) is 20.9 Å². The number of halogens is 1. The third kappa shape index (κ3) is 9.59. The fourth-order valence-corrected chi connectivity index (χ4v) is 5.52. The Hall–Kier alpha value is -5.39. The highest BCUT2D eigenvalue weighted by molar-refractivity contribution is 14.1. The zero-order chi connectivity index (χ0) is 35.5. The standard InChI is InChI=1S/C33H34IN5O10/c1-5-46-27-14-21(13-24(34)31(27)49-17-20-8-7-9-23(12-20)39(43)44)16-35-38-28(40)18-48-25-11-10-22(15-26(25)45-4)30-29(32(41)47-6-2)19(3)36-33(42)37-30/h7-16,30H,5-6,17-18H2,1-4H3,(H,38,40)(H2,36,37,42)/b35-16-/t30-/m1/s1. The summed E-state index contributed by atoms with van der Waals surface area (Å²) in [5.74, 6) is 0.312. The Labute approximate surface area is 295 Å². The molecule has 0 radical (unpaired) electrons. The van der Waals surface area contributed by atoms with Crippen LogP contribution in [0.1, 0.15) is 43.5 Å². The van der Waals surface area contributed by atoms with E-state index in [1.54, 1.807) is 56.3 Å². The van der Waals surface area contributed by atoms with Crippen molar-refractivity contribution in [1.29, 1.82) is 0 Å². The molecule has 3 aromatic carbocycles. The molecule has 3 N–H and O–H groups in total. The van der Waals surface area contributed by atoms with E-state index >= 15 is 0 Å². The smallest absolute Gasteiger partial charge is 0.338 e. The van der Waals surface area contributed by atoms with Crippen molar-refractivity contribution in [2.24, 2.45) is 5.10 Å². The topological polar surface area (TPSA) is 189 Å². The van der Waals surface area contributed by atoms with E-state index < -0.39 is 35.5 Å². The number of carbonyl (C=O) groups is 3. The van der Waals surface area contributed by atoms with Gasteiger partial charge in [0, 0.05) is 17.8 Å². The molecular weight excluding hydrogens is 753 g/mol. The van der Waals surface area contributed by atoms with Crippen LogP contribution >= 0.6 is 22.6 Å². The number of amides is 3. The molecule has 15 nitrogen and oxygen atoms in total. The maximum atomic E-state index is 12.6. The zero-order valence-corrected chi connectivity index (χ0v) is 29.2. The number of allylic oxidation sites excluding steroid dienone is 1. The van der Waals surface area contributed by atoms with Gasteiger partial charge in [-0.1, -0.05) is 18.2 Å². The van der Waals surface area contributed by atoms with Gasteiger partial charge in [-0.15, -0.1) is 0 Å². The fourth-order valence-electron chi connectivity index (χ4n) is 4.74. The molecule has 0 spiro atoms. The first-order chi connectivity index (χ1) is 23.5. The SMILES string of the molecule is CCOC(=O)C1=C(C)NC(=O)N[C@@H]1c1ccc(OCC(=O)N/N=C\c2cc(I)c(OCc3cccc([N+](=O)[O-])c3)c(OCC)c2)c(OC)c1. The number of rotatable bonds is 15. The van der Waals surface area contributed by atoms with Gasteiger partial charge >= 0.3 is 12.0 Å². The van der Waals surface area contributed by atoms with Crippen molar-refractivity contribution in [2.75, 3.05) is 26.9 Å². The van der Waals surface area contributed by atoms with Crippen molar-refractivity contribution in [1.82, 2.24) is 16.1 Å². The second-order valence-electron chi connectivity index (χ2n) is 10.3. The largest absolute Gasteiger partial charge is 0.493 e. The second-order valence-corrected chi connectivity index (χ2v) is 11.4. The third-order valence-electron chi connectivity index (χ3n) is 6.88. The Morgan fingerprint density at radius 3 is 2.55 bits per heavy atom. The first-order valence-corrected chi connectivity index (χ1v) is 16.0. The van der Waals surface area contributed by atoms with Crippen molar-refractivity contribution in [3.63, 3.8) is 0 Å². The minimum Gasteiger partial charge on any atom is -0.493 e. The summed E-state index contributed by atoms with van der Waals surface area (Å²) in [5, 5.41) is 20.4. The maximum Gasteiger partial charge on any atom is 0.338 e. The number of non-ortho nitro benzene ring substituents is 1. The molecule has 0 saturated carbocycles. The molecule has 3 aromatic rings. The number of hydrazone groups is 1. The highest BCUT2D eigenvalue weighted by Gasteiger charge is 2.32. The van der Waals surface area contributed by atoms with Crippen molar-refractivity contribution in [3.8, 4) is 23.0 Å². The number of benzene rings is 3. The number of nitrogens with one attached hydrogen (secondary N) is 3. The molecule has 16 heteroatoms. The number of hydrogen-bond acceptors (Lipinski definition) is 11. The molecule has 258 valence electrons. The van der Waals surface area contributed by atoms with Gasteiger partial charge in [-0.05, 0) is 84.3 Å². The summed E-state index contributed by atoms with van der Waals surface area (Å²) < 4.78 is 28.7. The van der Waals surface area contributed by atoms with Crippen LogP contribution in [0, 0.1) is 13.7 Å². The van der Waals surface area contributed by atoms with Crippen LogP contribution in [0.3, 0.4) is 0 Å². The van der Waals surface area contributed by atoms with Gasteiger partial charge in [-0.3, -0.25) is 14.9 Å². The van der Waals surface area contributed by atoms with Gasteiger partial charge in [-0.25, -0.2) is 15.0 Å². The van der Waals surface area contributed by atoms with Crippen LogP contribution in [0.4, 0.5) is 10.5 Å². The quantitative estimate of drug-likeness (QED) is 0.0628. The van der Waals surface area contributed by atoms with E-state index in [1.807, 2.05) is 6.92 Å². The molecular formula is C33H34IN5O10. The highest BCUT2D eigenvalue weighted by Crippen LogP contribution is 2.36. The summed E-state index contributed by atoms with van der Waals surface area (Å²) in [6, 6.07) is 13.2. The lowest BCUT2D eigenvalue weighted by Crippen LogP contribution is -2.45. The van der Waals surface area contributed by atoms with E-state index in [0.717, 1.165) is 0 Å². The first kappa shape index (κ1) is 36.4. The molecule has 1 atom stereocenters. The van der Waals surface area contributed by atoms with E-state index in [2.05, 4.69) is 43.8 Å². The van der Waals surface area contributed by atoms with Crippen molar-refractivity contribution < 1.29 is 43.0 Å². The van der Waals surface area contributed by atoms with Gasteiger partial charge in [-0.2, -0.15) is 5.10 Å². The van der Waals surface area contributed by atoms with E-state index in [-0.39, 0.29) is 36.0 Å². The molecule has 0 saturated heterocycles. The van der Waals surface area contributed by atoms with Crippen LogP contribution in [0.15, 0.2) is 71.0 Å². The molecule has 3 amide bonds. The Morgan fingerprint density at radius 1 is 1.04 bits per heavy atom. The summed E-state index contributed by atoms with van der Waals surface area (Å²) in [4.78, 5) is 48.0. The van der Waals surface area contributed by atoms with E-state index in [1.165, 1.54) is 25.5 Å². The average Bonchev–Trinajstić information content (AvgIpc) is 3.06. The van der Waals surface area contributed by atoms with Crippen LogP contribution in [0.2, 0.25) is 0 Å². The average molecular weight is 788 g/mol. The first-order valence-electron chi connectivity index (χ1n) is 14.9. The van der Waals surface area contributed by atoms with Crippen LogP contribution in [0.25, 0.3) is 0 Å². The minimum absolute atomic E-state index is 0.0283. The number of carbonyl (C=O) groups excluding carboxylic acids is 3. The minimum atomic E-state index is -0.798. The molecule has 0 bridgehead atoms. The molecule has 1 aliphatic rings. The Morgan fingerprint density at radius 2 is 1.84 bits per heavy atom. The number of nitro groups is 1. The number of methoxy groups -OCH3 is 1. The zero-order valence-electron chi connectivity index (χ0n) is 27.0. The van der Waals surface area contributed by atoms with Crippen LogP contribution in [-0.4, -0.2) is 56.0 Å². The Balaban J connectivity index is 1.39. The molecule has 0 unspecified atom stereocenters. The molecule has 0 aromatic heterocycles. The molecule has 0 aliphatic carbocycles. The lowest BCUT2D eigenvalue weighted by molar-refractivity contribution is -0.384. The number of nitro benzene ring substituents is 1. The second kappa shape index (κ2) is 17.1. The number of hydrogen-bond donors (Lipinski definition) is 3. The molecule has 1 aliphatic heterocycles. The monoisotopic (exact) mass is 787 g/mol. The summed E-state index contributed by atoms with van der Waals surface area (Å²) in [5.41, 5.74) is 4.79. The third-order valence-corrected chi connectivity index (χ3v) is 7.68. The normalized spacial score (nSPS) is 14.1.